The molecule has 1 fully saturated rings. The molecule has 0 aliphatic heterocycles. The number of hydrogen-bond acceptors (Lipinski definition) is 4. The fourth-order valence-electron chi connectivity index (χ4n) is 2.23. The molecular weight excluding hydrogens is 262 g/mol. The van der Waals surface area contributed by atoms with Crippen LogP contribution in [-0.4, -0.2) is 39.7 Å². The first kappa shape index (κ1) is 16.5. The summed E-state index contributed by atoms with van der Waals surface area (Å²) in [7, 11) is 1.64. The van der Waals surface area contributed by atoms with Gasteiger partial charge in [0.05, 0.1) is 23.5 Å². The summed E-state index contributed by atoms with van der Waals surface area (Å²) >= 11 is 0. The van der Waals surface area contributed by atoms with Crippen LogP contribution in [0.2, 0.25) is 0 Å². The minimum Gasteiger partial charge on any atom is -0.569 e. The Hall–Kier alpha value is -1.53. The van der Waals surface area contributed by atoms with Crippen LogP contribution in [0.1, 0.15) is 47.0 Å². The van der Waals surface area contributed by atoms with Crippen molar-refractivity contribution < 1.29 is 19.7 Å². The van der Waals surface area contributed by atoms with Crippen LogP contribution in [0.15, 0.2) is 5.28 Å². The highest BCUT2D eigenvalue weighted by Crippen LogP contribution is 2.31. The van der Waals surface area contributed by atoms with Gasteiger partial charge in [0, 0.05) is 0 Å². The summed E-state index contributed by atoms with van der Waals surface area (Å²) < 4.78 is 0. The third kappa shape index (κ3) is 4.25. The molecule has 7 heteroatoms. The Labute approximate surface area is 119 Å². The molecule has 0 bridgehead atoms. The molecule has 0 radical (unpaired) electrons. The Balaban J connectivity index is 2.53. The van der Waals surface area contributed by atoms with Crippen LogP contribution in [0, 0.1) is 17.0 Å². The Kier molecular flexibility index (Phi) is 5.19. The zero-order valence-electron chi connectivity index (χ0n) is 12.9. The first-order valence-electron chi connectivity index (χ1n) is 6.93. The molecule has 0 saturated heterocycles. The molecule has 0 spiro atoms. The highest BCUT2D eigenvalue weighted by atomic mass is 16.7. The van der Waals surface area contributed by atoms with Crippen molar-refractivity contribution >= 4 is 5.97 Å². The number of hydrogen-bond donors (Lipinski definition) is 1. The van der Waals surface area contributed by atoms with Gasteiger partial charge in [-0.05, 0) is 46.0 Å². The predicted octanol–water partition coefficient (Wildman–Crippen LogP) is 2.42. The predicted molar refractivity (Wildman–Crippen MR) is 72.6 cm³/mol. The zero-order chi connectivity index (χ0) is 15.5. The van der Waals surface area contributed by atoms with Crippen LogP contribution >= 0.6 is 0 Å². The molecule has 0 aromatic carbocycles. The number of rotatable bonds is 4. The molecule has 116 valence electrons. The van der Waals surface area contributed by atoms with E-state index >= 15 is 0 Å². The number of carboxylic acids is 1. The van der Waals surface area contributed by atoms with Crippen molar-refractivity contribution in [3.8, 4) is 0 Å². The van der Waals surface area contributed by atoms with Gasteiger partial charge in [0.15, 0.2) is 0 Å². The summed E-state index contributed by atoms with van der Waals surface area (Å²) in [5.41, 5.74) is -0.344. The first-order valence-corrected chi connectivity index (χ1v) is 6.93. The molecule has 0 amide bonds. The molecule has 1 rings (SSSR count). The van der Waals surface area contributed by atoms with Crippen molar-refractivity contribution in [2.75, 3.05) is 7.05 Å². The molecule has 1 aliphatic rings. The third-order valence-corrected chi connectivity index (χ3v) is 3.93. The molecule has 1 aliphatic carbocycles. The summed E-state index contributed by atoms with van der Waals surface area (Å²) in [6.45, 7) is 7.58. The van der Waals surface area contributed by atoms with E-state index in [-0.39, 0.29) is 23.5 Å². The van der Waals surface area contributed by atoms with Crippen molar-refractivity contribution in [1.82, 2.24) is 5.01 Å². The molecule has 0 aromatic heterocycles. The van der Waals surface area contributed by atoms with E-state index in [0.29, 0.717) is 24.2 Å². The van der Waals surface area contributed by atoms with Gasteiger partial charge < -0.3 is 15.2 Å². The van der Waals surface area contributed by atoms with E-state index in [9.17, 15) is 10.0 Å². The van der Waals surface area contributed by atoms with Crippen molar-refractivity contribution in [2.45, 2.75) is 58.6 Å². The van der Waals surface area contributed by atoms with Gasteiger partial charge in [0.2, 0.25) is 5.28 Å². The topological polar surface area (TPSA) is 88.2 Å². The van der Waals surface area contributed by atoms with Crippen molar-refractivity contribution in [3.05, 3.63) is 5.21 Å². The first-order chi connectivity index (χ1) is 9.12. The second-order valence-electron chi connectivity index (χ2n) is 6.49. The second-order valence-corrected chi connectivity index (χ2v) is 6.49. The largest absolute Gasteiger partial charge is 0.569 e. The van der Waals surface area contributed by atoms with Gasteiger partial charge in [0.25, 0.3) is 0 Å². The van der Waals surface area contributed by atoms with E-state index in [1.807, 2.05) is 27.7 Å². The molecule has 7 nitrogen and oxygen atoms in total. The summed E-state index contributed by atoms with van der Waals surface area (Å²) in [6, 6.07) is 0. The lowest BCUT2D eigenvalue weighted by Crippen LogP contribution is -2.42. The smallest absolute Gasteiger partial charge is 0.306 e. The molecular formula is C13H25N3O4. The van der Waals surface area contributed by atoms with Gasteiger partial charge in [-0.1, -0.05) is 6.92 Å². The summed E-state index contributed by atoms with van der Waals surface area (Å²) in [5.74, 6) is -1.05. The maximum absolute atomic E-state index is 11.7. The van der Waals surface area contributed by atoms with E-state index < -0.39 is 5.97 Å². The quantitative estimate of drug-likeness (QED) is 0.487. The lowest BCUT2D eigenvalue weighted by molar-refractivity contribution is -0.720. The zero-order valence-corrected chi connectivity index (χ0v) is 12.9. The van der Waals surface area contributed by atoms with Gasteiger partial charge in [0.1, 0.15) is 6.10 Å². The molecule has 0 heterocycles. The van der Waals surface area contributed by atoms with Gasteiger partial charge in [-0.15, -0.1) is 5.01 Å². The van der Waals surface area contributed by atoms with E-state index in [1.54, 1.807) is 7.05 Å². The van der Waals surface area contributed by atoms with Crippen molar-refractivity contribution in [2.24, 2.45) is 17.1 Å². The van der Waals surface area contributed by atoms with Gasteiger partial charge in [-0.2, -0.15) is 0 Å². The van der Waals surface area contributed by atoms with Crippen molar-refractivity contribution in [1.29, 1.82) is 0 Å². The van der Waals surface area contributed by atoms with Gasteiger partial charge >= 0.3 is 5.97 Å². The molecule has 0 aromatic rings. The molecule has 1 saturated carbocycles. The second kappa shape index (κ2) is 6.28. The fourth-order valence-corrected chi connectivity index (χ4v) is 2.23. The van der Waals surface area contributed by atoms with Crippen LogP contribution in [0.4, 0.5) is 0 Å². The third-order valence-electron chi connectivity index (χ3n) is 3.93. The fraction of sp³-hybridized carbons (Fsp3) is 0.923. The highest BCUT2D eigenvalue weighted by molar-refractivity contribution is 5.70. The molecule has 20 heavy (non-hydrogen) atoms. The monoisotopic (exact) mass is 287 g/mol. The average Bonchev–Trinajstić information content (AvgIpc) is 2.33. The van der Waals surface area contributed by atoms with E-state index in [4.69, 9.17) is 9.94 Å². The highest BCUT2D eigenvalue weighted by Gasteiger charge is 2.34. The number of hydrazine groups is 1. The lowest BCUT2D eigenvalue weighted by Gasteiger charge is -2.30. The number of carboxylic acid groups (broad SMARTS) is 1. The number of carbonyl (C=O) groups is 1. The number of nitrogens with zero attached hydrogens (tertiary/aromatic N) is 3. The average molecular weight is 287 g/mol. The Morgan fingerprint density at radius 2 is 2.05 bits per heavy atom. The summed E-state index contributed by atoms with van der Waals surface area (Å²) in [6.07, 6.45) is 1.58. The maximum Gasteiger partial charge on any atom is 0.306 e. The van der Waals surface area contributed by atoms with Crippen LogP contribution in [0.5, 0.6) is 0 Å². The Morgan fingerprint density at radius 1 is 1.45 bits per heavy atom. The Bertz CT molecular complexity index is 378. The van der Waals surface area contributed by atoms with Crippen LogP contribution in [-0.2, 0) is 9.63 Å². The maximum atomic E-state index is 11.7. The minimum atomic E-state index is -0.759. The normalized spacial score (nSPS) is 28.1. The van der Waals surface area contributed by atoms with Gasteiger partial charge in [-0.25, -0.2) is 0 Å². The standard InChI is InChI=1S/C13H25N3O4/c1-9-8-10(6-7-11(9)12(17)18)20-14-16(19)15(5)13(2,3)4/h9-11H,6-8H2,1-5H3,(H,17,18)/b16-14-. The summed E-state index contributed by atoms with van der Waals surface area (Å²) in [4.78, 5) is 16.7. The minimum absolute atomic E-state index is 0.0295. The van der Waals surface area contributed by atoms with Crippen molar-refractivity contribution in [3.63, 3.8) is 0 Å². The number of aliphatic carboxylic acids is 1. The van der Waals surface area contributed by atoms with Crippen LogP contribution < -0.4 is 0 Å². The molecule has 3 atom stereocenters. The molecule has 3 unspecified atom stereocenters. The SMILES string of the molecule is CC1CC(O/N=[N+](\[O-])N(C)C(C)(C)C)CCC1C(=O)O. The van der Waals surface area contributed by atoms with Crippen LogP contribution in [0.3, 0.4) is 0 Å². The van der Waals surface area contributed by atoms with E-state index in [0.717, 1.165) is 0 Å². The van der Waals surface area contributed by atoms with Crippen LogP contribution in [0.25, 0.3) is 0 Å². The van der Waals surface area contributed by atoms with E-state index in [1.165, 1.54) is 5.01 Å². The Morgan fingerprint density at radius 3 is 2.50 bits per heavy atom. The molecule has 1 N–H and O–H groups in total. The summed E-state index contributed by atoms with van der Waals surface area (Å²) in [5, 5.41) is 25.8. The van der Waals surface area contributed by atoms with Gasteiger partial charge in [-0.3, -0.25) is 4.79 Å². The van der Waals surface area contributed by atoms with E-state index in [2.05, 4.69) is 5.28 Å². The lowest BCUT2D eigenvalue weighted by atomic mass is 9.79.